The molecule has 0 spiro atoms. The summed E-state index contributed by atoms with van der Waals surface area (Å²) in [5.74, 6) is 0.227. The van der Waals surface area contributed by atoms with Gasteiger partial charge in [0.05, 0.1) is 6.04 Å². The highest BCUT2D eigenvalue weighted by molar-refractivity contribution is 6.24. The molecule has 1 saturated carbocycles. The summed E-state index contributed by atoms with van der Waals surface area (Å²) in [4.78, 5) is 26.1. The molecule has 2 aliphatic heterocycles. The smallest absolute Gasteiger partial charge is 0.251 e. The van der Waals surface area contributed by atoms with Crippen LogP contribution in [-0.2, 0) is 14.3 Å². The van der Waals surface area contributed by atoms with E-state index in [0.717, 1.165) is 6.54 Å². The van der Waals surface area contributed by atoms with Gasteiger partial charge in [0, 0.05) is 38.6 Å². The van der Waals surface area contributed by atoms with Crippen molar-refractivity contribution in [2.75, 3.05) is 13.7 Å². The van der Waals surface area contributed by atoms with Gasteiger partial charge in [0.2, 0.25) is 5.91 Å². The molecule has 8 heteroatoms. The first-order valence-electron chi connectivity index (χ1n) is 11.7. The molecule has 5 unspecified atom stereocenters. The van der Waals surface area contributed by atoms with Crippen molar-refractivity contribution in [3.8, 4) is 0 Å². The fraction of sp³-hybridized carbons (Fsp3) is 0.667. The predicted molar refractivity (Wildman–Crippen MR) is 122 cm³/mol. The molecule has 0 aromatic heterocycles. The minimum absolute atomic E-state index is 0.112. The minimum Gasteiger partial charge on any atom is -0.354 e. The molecule has 2 N–H and O–H groups in total. The number of alkyl halides is 1. The highest BCUT2D eigenvalue weighted by Crippen LogP contribution is 2.46. The SMILES string of the molecule is COC1OC(NC(C)=O)C2(Cl)CC(NC(=O)c3ccccc3)CC1N2CC1CCCCC1. The lowest BCUT2D eigenvalue weighted by atomic mass is 9.83. The number of nitrogens with one attached hydrogen (secondary N) is 2. The van der Waals surface area contributed by atoms with E-state index in [1.807, 2.05) is 18.2 Å². The van der Waals surface area contributed by atoms with Gasteiger partial charge in [-0.05, 0) is 37.3 Å². The number of piperidine rings is 1. The number of halogens is 1. The molecule has 5 atom stereocenters. The molecule has 2 heterocycles. The molecule has 1 aromatic carbocycles. The van der Waals surface area contributed by atoms with Gasteiger partial charge in [-0.3, -0.25) is 14.5 Å². The summed E-state index contributed by atoms with van der Waals surface area (Å²) in [6, 6.07) is 8.90. The van der Waals surface area contributed by atoms with Gasteiger partial charge in [-0.1, -0.05) is 49.1 Å². The van der Waals surface area contributed by atoms with Gasteiger partial charge in [-0.25, -0.2) is 0 Å². The molecule has 7 nitrogen and oxygen atoms in total. The van der Waals surface area contributed by atoms with Crippen LogP contribution in [0.25, 0.3) is 0 Å². The lowest BCUT2D eigenvalue weighted by Gasteiger charge is -2.59. The number of amides is 2. The zero-order valence-corrected chi connectivity index (χ0v) is 19.6. The lowest BCUT2D eigenvalue weighted by molar-refractivity contribution is -0.276. The largest absolute Gasteiger partial charge is 0.354 e. The summed E-state index contributed by atoms with van der Waals surface area (Å²) in [7, 11) is 1.61. The Kier molecular flexibility index (Phi) is 7.40. The molecule has 3 aliphatic rings. The van der Waals surface area contributed by atoms with Gasteiger partial charge in [-0.15, -0.1) is 0 Å². The number of fused-ring (bicyclic) bond motifs is 2. The van der Waals surface area contributed by atoms with Crippen LogP contribution >= 0.6 is 11.6 Å². The maximum Gasteiger partial charge on any atom is 0.251 e. The quantitative estimate of drug-likeness (QED) is 0.500. The van der Waals surface area contributed by atoms with Crippen LogP contribution in [0, 0.1) is 5.92 Å². The molecule has 1 aliphatic carbocycles. The summed E-state index contributed by atoms with van der Waals surface area (Å²) >= 11 is 7.33. The predicted octanol–water partition coefficient (Wildman–Crippen LogP) is 3.23. The third-order valence-corrected chi connectivity index (χ3v) is 7.61. The van der Waals surface area contributed by atoms with E-state index in [1.165, 1.54) is 39.0 Å². The summed E-state index contributed by atoms with van der Waals surface area (Å²) in [5, 5.41) is 6.05. The standard InChI is InChI=1S/C24H34ClN3O4/c1-16(29)26-23-24(25)14-19(27-21(30)18-11-7-4-8-12-18)13-20(22(31-2)32-23)28(24)15-17-9-5-3-6-10-17/h4,7-8,11-12,17,19-20,22-23H,3,5-6,9-10,13-15H2,1-2H3,(H,26,29)(H,27,30). The summed E-state index contributed by atoms with van der Waals surface area (Å²) in [6.45, 7) is 2.30. The van der Waals surface area contributed by atoms with Crippen molar-refractivity contribution in [3.05, 3.63) is 35.9 Å². The van der Waals surface area contributed by atoms with Crippen LogP contribution in [0.3, 0.4) is 0 Å². The van der Waals surface area contributed by atoms with E-state index < -0.39 is 17.5 Å². The first-order chi connectivity index (χ1) is 15.4. The monoisotopic (exact) mass is 463 g/mol. The molecule has 0 radical (unpaired) electrons. The van der Waals surface area contributed by atoms with Crippen molar-refractivity contribution >= 4 is 23.4 Å². The fourth-order valence-electron chi connectivity index (χ4n) is 5.53. The number of morpholine rings is 1. The van der Waals surface area contributed by atoms with Crippen LogP contribution in [-0.4, -0.2) is 60.0 Å². The summed E-state index contributed by atoms with van der Waals surface area (Å²) in [6.07, 6.45) is 6.02. The number of ether oxygens (including phenoxy) is 2. The van der Waals surface area contributed by atoms with Crippen LogP contribution in [0.1, 0.15) is 62.2 Å². The molecule has 2 amide bonds. The Balaban J connectivity index is 1.59. The van der Waals surface area contributed by atoms with Crippen LogP contribution in [0.15, 0.2) is 30.3 Å². The molecule has 2 saturated heterocycles. The molecule has 176 valence electrons. The Morgan fingerprint density at radius 1 is 1.19 bits per heavy atom. The maximum atomic E-state index is 12.8. The molecule has 1 aromatic rings. The third kappa shape index (κ3) is 4.96. The van der Waals surface area contributed by atoms with E-state index in [4.69, 9.17) is 21.1 Å². The second-order valence-corrected chi connectivity index (χ2v) is 9.99. The maximum absolute atomic E-state index is 12.8. The molecular formula is C24H34ClN3O4. The number of rotatable bonds is 6. The average molecular weight is 464 g/mol. The third-order valence-electron chi connectivity index (χ3n) is 7.04. The summed E-state index contributed by atoms with van der Waals surface area (Å²) < 4.78 is 11.8. The Labute approximate surface area is 195 Å². The van der Waals surface area contributed by atoms with Crippen LogP contribution in [0.4, 0.5) is 0 Å². The van der Waals surface area contributed by atoms with Gasteiger partial charge in [0.1, 0.15) is 5.00 Å². The zero-order chi connectivity index (χ0) is 22.7. The zero-order valence-electron chi connectivity index (χ0n) is 18.9. The number of hydrogen-bond acceptors (Lipinski definition) is 5. The molecule has 32 heavy (non-hydrogen) atoms. The number of carbonyl (C=O) groups is 2. The number of nitrogens with zero attached hydrogens (tertiary/aromatic N) is 1. The minimum atomic E-state index is -0.963. The highest BCUT2D eigenvalue weighted by atomic mass is 35.5. The lowest BCUT2D eigenvalue weighted by Crippen LogP contribution is -2.75. The Bertz CT molecular complexity index is 804. The van der Waals surface area contributed by atoms with Gasteiger partial charge < -0.3 is 20.1 Å². The Morgan fingerprint density at radius 2 is 1.91 bits per heavy atom. The van der Waals surface area contributed by atoms with Crippen LogP contribution < -0.4 is 10.6 Å². The number of carbonyl (C=O) groups excluding carboxylic acids is 2. The summed E-state index contributed by atoms with van der Waals surface area (Å²) in [5.41, 5.74) is 0.615. The van der Waals surface area contributed by atoms with E-state index in [-0.39, 0.29) is 23.9 Å². The second-order valence-electron chi connectivity index (χ2n) is 9.34. The van der Waals surface area contributed by atoms with Crippen molar-refractivity contribution in [3.63, 3.8) is 0 Å². The Hall–Kier alpha value is -1.67. The van der Waals surface area contributed by atoms with E-state index in [2.05, 4.69) is 15.5 Å². The molecule has 2 bridgehead atoms. The van der Waals surface area contributed by atoms with Crippen molar-refractivity contribution in [1.29, 1.82) is 0 Å². The van der Waals surface area contributed by atoms with Crippen molar-refractivity contribution in [2.24, 2.45) is 5.92 Å². The van der Waals surface area contributed by atoms with Crippen molar-refractivity contribution in [1.82, 2.24) is 15.5 Å². The van der Waals surface area contributed by atoms with Gasteiger partial charge >= 0.3 is 0 Å². The first-order valence-corrected chi connectivity index (χ1v) is 12.1. The van der Waals surface area contributed by atoms with E-state index >= 15 is 0 Å². The van der Waals surface area contributed by atoms with E-state index in [9.17, 15) is 9.59 Å². The highest BCUT2D eigenvalue weighted by Gasteiger charge is 2.58. The van der Waals surface area contributed by atoms with Gasteiger partial charge in [-0.2, -0.15) is 0 Å². The average Bonchev–Trinajstić information content (AvgIpc) is 2.78. The number of hydrogen-bond donors (Lipinski definition) is 2. The van der Waals surface area contributed by atoms with E-state index in [0.29, 0.717) is 24.3 Å². The molecule has 4 rings (SSSR count). The topological polar surface area (TPSA) is 79.9 Å². The van der Waals surface area contributed by atoms with Gasteiger partial charge in [0.25, 0.3) is 5.91 Å². The number of methoxy groups -OCH3 is 1. The van der Waals surface area contributed by atoms with Crippen molar-refractivity contribution < 1.29 is 19.1 Å². The Morgan fingerprint density at radius 3 is 2.56 bits per heavy atom. The fourth-order valence-corrected chi connectivity index (χ4v) is 6.02. The van der Waals surface area contributed by atoms with Gasteiger partial charge in [0.15, 0.2) is 12.5 Å². The van der Waals surface area contributed by atoms with Crippen LogP contribution in [0.2, 0.25) is 0 Å². The molecular weight excluding hydrogens is 430 g/mol. The first kappa shape index (κ1) is 23.5. The second kappa shape index (κ2) is 10.1. The normalized spacial score (nSPS) is 33.5. The van der Waals surface area contributed by atoms with Crippen LogP contribution in [0.5, 0.6) is 0 Å². The van der Waals surface area contributed by atoms with Crippen molar-refractivity contribution in [2.45, 2.75) is 81.5 Å². The van der Waals surface area contributed by atoms with E-state index in [1.54, 1.807) is 19.2 Å². The number of benzene rings is 1. The molecule has 3 fully saturated rings.